The summed E-state index contributed by atoms with van der Waals surface area (Å²) in [6, 6.07) is 3.89. The van der Waals surface area contributed by atoms with Crippen molar-refractivity contribution in [2.45, 2.75) is 18.9 Å². The average molecular weight is 317 g/mol. The van der Waals surface area contributed by atoms with E-state index in [0.29, 0.717) is 0 Å². The Morgan fingerprint density at radius 2 is 2.47 bits per heavy atom. The molecule has 0 N–H and O–H groups in total. The summed E-state index contributed by atoms with van der Waals surface area (Å²) in [5.74, 6) is -0.0329. The van der Waals surface area contributed by atoms with Gasteiger partial charge in [-0.2, -0.15) is 0 Å². The highest BCUT2D eigenvalue weighted by Crippen LogP contribution is 2.25. The second kappa shape index (κ2) is 4.92. The van der Waals surface area contributed by atoms with Gasteiger partial charge in [-0.1, -0.05) is 28.7 Å². The van der Waals surface area contributed by atoms with Crippen LogP contribution in [0.2, 0.25) is 0 Å². The summed E-state index contributed by atoms with van der Waals surface area (Å²) in [5.41, 5.74) is 1.11. The molecule has 1 saturated heterocycles. The maximum absolute atomic E-state index is 11.5. The molecule has 1 aliphatic rings. The number of hydrogen-bond acceptors (Lipinski definition) is 3. The smallest absolute Gasteiger partial charge is 0.309 e. The highest BCUT2D eigenvalue weighted by atomic mass is 127. The molecule has 1 aromatic heterocycles. The molecule has 4 heteroatoms. The first kappa shape index (κ1) is 10.9. The number of hydrogen-bond donors (Lipinski definition) is 0. The first-order valence-corrected chi connectivity index (χ1v) is 6.47. The van der Waals surface area contributed by atoms with E-state index in [1.54, 1.807) is 6.20 Å². The molecule has 0 radical (unpaired) electrons. The lowest BCUT2D eigenvalue weighted by Crippen LogP contribution is -2.10. The molecule has 0 aromatic carbocycles. The van der Waals surface area contributed by atoms with Crippen LogP contribution in [-0.2, 0) is 16.0 Å². The second-order valence-corrected chi connectivity index (χ2v) is 4.59. The van der Waals surface area contributed by atoms with E-state index in [0.717, 1.165) is 22.8 Å². The Morgan fingerprint density at radius 3 is 3.07 bits per heavy atom. The molecular weight excluding hydrogens is 305 g/mol. The minimum absolute atomic E-state index is 0.0222. The third kappa shape index (κ3) is 2.68. The van der Waals surface area contributed by atoms with Crippen LogP contribution in [0.15, 0.2) is 24.5 Å². The minimum Gasteiger partial charge on any atom is -0.461 e. The molecular formula is C11H12INO2. The molecule has 1 aromatic rings. The number of carbonyl (C=O) groups is 1. The Labute approximate surface area is 102 Å². The van der Waals surface area contributed by atoms with Crippen LogP contribution in [0.1, 0.15) is 12.0 Å². The van der Waals surface area contributed by atoms with E-state index < -0.39 is 0 Å². The van der Waals surface area contributed by atoms with Gasteiger partial charge in [0, 0.05) is 16.8 Å². The van der Waals surface area contributed by atoms with Gasteiger partial charge in [-0.3, -0.25) is 9.78 Å². The zero-order valence-corrected chi connectivity index (χ0v) is 10.4. The van der Waals surface area contributed by atoms with Crippen LogP contribution in [0.25, 0.3) is 0 Å². The van der Waals surface area contributed by atoms with E-state index in [-0.39, 0.29) is 18.0 Å². The van der Waals surface area contributed by atoms with Crippen molar-refractivity contribution in [3.05, 3.63) is 30.1 Å². The first-order chi connectivity index (χ1) is 7.29. The average Bonchev–Trinajstić information content (AvgIpc) is 2.61. The molecule has 15 heavy (non-hydrogen) atoms. The van der Waals surface area contributed by atoms with Crippen molar-refractivity contribution in [2.75, 3.05) is 4.43 Å². The van der Waals surface area contributed by atoms with Crippen LogP contribution in [0.4, 0.5) is 0 Å². The lowest BCUT2D eigenvalue weighted by Gasteiger charge is -2.04. The van der Waals surface area contributed by atoms with Crippen LogP contribution in [-0.4, -0.2) is 21.5 Å². The number of aromatic nitrogens is 1. The van der Waals surface area contributed by atoms with Crippen LogP contribution < -0.4 is 0 Å². The maximum Gasteiger partial charge on any atom is 0.309 e. The normalized spacial score (nSPS) is 25.3. The summed E-state index contributed by atoms with van der Waals surface area (Å²) in [6.45, 7) is 0. The number of alkyl halides is 1. The Hall–Kier alpha value is -0.650. The third-order valence-corrected chi connectivity index (χ3v) is 3.52. The minimum atomic E-state index is -0.0551. The van der Waals surface area contributed by atoms with Crippen molar-refractivity contribution >= 4 is 28.6 Å². The molecule has 3 nitrogen and oxygen atoms in total. The van der Waals surface area contributed by atoms with Gasteiger partial charge < -0.3 is 4.74 Å². The first-order valence-electron chi connectivity index (χ1n) is 4.95. The van der Waals surface area contributed by atoms with Gasteiger partial charge in [0.25, 0.3) is 0 Å². The van der Waals surface area contributed by atoms with E-state index in [9.17, 15) is 4.79 Å². The molecule has 80 valence electrons. The SMILES string of the molecule is O=C1O[C@H](CI)C[C@H]1Cc1cccnc1. The number of rotatable bonds is 3. The third-order valence-electron chi connectivity index (χ3n) is 2.54. The summed E-state index contributed by atoms with van der Waals surface area (Å²) in [5, 5.41) is 0. The molecule has 2 rings (SSSR count). The van der Waals surface area contributed by atoms with Crippen LogP contribution in [0.5, 0.6) is 0 Å². The molecule has 1 fully saturated rings. The lowest BCUT2D eigenvalue weighted by molar-refractivity contribution is -0.143. The molecule has 2 heterocycles. The van der Waals surface area contributed by atoms with E-state index >= 15 is 0 Å². The number of pyridine rings is 1. The molecule has 2 atom stereocenters. The van der Waals surface area contributed by atoms with Gasteiger partial charge in [0.15, 0.2) is 0 Å². The Balaban J connectivity index is 1.99. The summed E-state index contributed by atoms with van der Waals surface area (Å²) in [6.07, 6.45) is 5.25. The lowest BCUT2D eigenvalue weighted by atomic mass is 9.97. The van der Waals surface area contributed by atoms with Gasteiger partial charge in [0.2, 0.25) is 0 Å². The van der Waals surface area contributed by atoms with Crippen LogP contribution in [0.3, 0.4) is 0 Å². The van der Waals surface area contributed by atoms with Gasteiger partial charge >= 0.3 is 5.97 Å². The van der Waals surface area contributed by atoms with Crippen molar-refractivity contribution in [3.63, 3.8) is 0 Å². The summed E-state index contributed by atoms with van der Waals surface area (Å²) in [7, 11) is 0. The second-order valence-electron chi connectivity index (χ2n) is 3.71. The largest absolute Gasteiger partial charge is 0.461 e. The number of carbonyl (C=O) groups excluding carboxylic acids is 1. The number of halogens is 1. The predicted octanol–water partition coefficient (Wildman–Crippen LogP) is 1.99. The predicted molar refractivity (Wildman–Crippen MR) is 64.8 cm³/mol. The Morgan fingerprint density at radius 1 is 1.60 bits per heavy atom. The fraction of sp³-hybridized carbons (Fsp3) is 0.455. The number of nitrogens with zero attached hydrogens (tertiary/aromatic N) is 1. The molecule has 0 spiro atoms. The topological polar surface area (TPSA) is 39.2 Å². The van der Waals surface area contributed by atoms with E-state index in [2.05, 4.69) is 27.6 Å². The van der Waals surface area contributed by atoms with Crippen molar-refractivity contribution < 1.29 is 9.53 Å². The van der Waals surface area contributed by atoms with Gasteiger partial charge in [-0.15, -0.1) is 0 Å². The highest BCUT2D eigenvalue weighted by Gasteiger charge is 2.33. The number of cyclic esters (lactones) is 1. The Bertz CT molecular complexity index is 342. The van der Waals surface area contributed by atoms with Crippen molar-refractivity contribution in [2.24, 2.45) is 5.92 Å². The number of ether oxygens (including phenoxy) is 1. The van der Waals surface area contributed by atoms with E-state index in [4.69, 9.17) is 4.74 Å². The van der Waals surface area contributed by atoms with E-state index in [1.165, 1.54) is 0 Å². The molecule has 0 amide bonds. The Kier molecular flexibility index (Phi) is 3.56. The summed E-state index contributed by atoms with van der Waals surface area (Å²) >= 11 is 2.25. The molecule has 1 aliphatic heterocycles. The summed E-state index contributed by atoms with van der Waals surface area (Å²) in [4.78, 5) is 15.5. The van der Waals surface area contributed by atoms with Crippen LogP contribution in [0, 0.1) is 5.92 Å². The van der Waals surface area contributed by atoms with Gasteiger partial charge in [-0.25, -0.2) is 0 Å². The van der Waals surface area contributed by atoms with Crippen molar-refractivity contribution in [1.82, 2.24) is 4.98 Å². The molecule has 0 aliphatic carbocycles. The van der Waals surface area contributed by atoms with Crippen molar-refractivity contribution in [3.8, 4) is 0 Å². The standard InChI is InChI=1S/C11H12INO2/c12-6-10-5-9(11(14)15-10)4-8-2-1-3-13-7-8/h1-3,7,9-10H,4-6H2/t9-,10+/m1/s1. The molecule has 0 bridgehead atoms. The zero-order valence-electron chi connectivity index (χ0n) is 8.23. The van der Waals surface area contributed by atoms with Crippen molar-refractivity contribution in [1.29, 1.82) is 0 Å². The van der Waals surface area contributed by atoms with Gasteiger partial charge in [-0.05, 0) is 24.5 Å². The van der Waals surface area contributed by atoms with E-state index in [1.807, 2.05) is 18.3 Å². The maximum atomic E-state index is 11.5. The fourth-order valence-corrected chi connectivity index (χ4v) is 2.33. The summed E-state index contributed by atoms with van der Waals surface area (Å²) < 4.78 is 6.11. The number of esters is 1. The molecule has 0 saturated carbocycles. The molecule has 0 unspecified atom stereocenters. The van der Waals surface area contributed by atoms with Gasteiger partial charge in [0.05, 0.1) is 5.92 Å². The zero-order chi connectivity index (χ0) is 10.7. The quantitative estimate of drug-likeness (QED) is 0.486. The fourth-order valence-electron chi connectivity index (χ4n) is 1.79. The highest BCUT2D eigenvalue weighted by molar-refractivity contribution is 14.1. The van der Waals surface area contributed by atoms with Gasteiger partial charge in [0.1, 0.15) is 6.10 Å². The van der Waals surface area contributed by atoms with Crippen LogP contribution >= 0.6 is 22.6 Å². The monoisotopic (exact) mass is 317 g/mol.